The molecule has 1 atom stereocenters. The van der Waals surface area contributed by atoms with Crippen LogP contribution in [-0.2, 0) is 0 Å². The molecule has 8 rings (SSSR count). The number of nitrogens with zero attached hydrogens (tertiary/aromatic N) is 4. The van der Waals surface area contributed by atoms with Crippen LogP contribution in [0, 0.1) is 13.8 Å². The summed E-state index contributed by atoms with van der Waals surface area (Å²) < 4.78 is 0. The lowest BCUT2D eigenvalue weighted by molar-refractivity contribution is 0.818. The molecule has 0 aliphatic carbocycles. The summed E-state index contributed by atoms with van der Waals surface area (Å²) in [5.41, 5.74) is 20.0. The van der Waals surface area contributed by atoms with Crippen LogP contribution in [0.1, 0.15) is 40.9 Å². The van der Waals surface area contributed by atoms with Gasteiger partial charge in [0, 0.05) is 33.2 Å². The predicted octanol–water partition coefficient (Wildman–Crippen LogP) is 11.3. The molecule has 0 amide bonds. The number of hydrogen-bond donors (Lipinski definition) is 1. The zero-order valence-corrected chi connectivity index (χ0v) is 30.0. The third-order valence-electron chi connectivity index (χ3n) is 9.73. The van der Waals surface area contributed by atoms with Crippen LogP contribution in [-0.4, -0.2) is 21.6 Å². The molecule has 0 spiro atoms. The molecule has 5 heteroatoms. The SMILES string of the molecule is Cc1ccc2ccc3c(C)cc(-c4ccc(-c5cccc(/C(N)=N/C(=N\C(C)c6ccccc6)c6ccc(-c7ccccc7)cc6)c5)cc4)nc3c2n1. The summed E-state index contributed by atoms with van der Waals surface area (Å²) in [4.78, 5) is 20.0. The van der Waals surface area contributed by atoms with E-state index in [1.54, 1.807) is 0 Å². The van der Waals surface area contributed by atoms with Crippen molar-refractivity contribution in [3.05, 3.63) is 192 Å². The summed E-state index contributed by atoms with van der Waals surface area (Å²) in [5.74, 6) is 0.992. The fourth-order valence-corrected chi connectivity index (χ4v) is 6.76. The van der Waals surface area contributed by atoms with Gasteiger partial charge in [0.05, 0.1) is 22.8 Å². The molecule has 0 saturated carbocycles. The molecule has 5 nitrogen and oxygen atoms in total. The van der Waals surface area contributed by atoms with Crippen molar-refractivity contribution in [1.29, 1.82) is 0 Å². The molecule has 0 radical (unpaired) electrons. The molecule has 2 heterocycles. The Morgan fingerprint density at radius 2 is 1.17 bits per heavy atom. The molecule has 2 N–H and O–H groups in total. The van der Waals surface area contributed by atoms with Crippen LogP contribution in [0.3, 0.4) is 0 Å². The molecule has 8 aromatic rings. The number of amidine groups is 2. The minimum Gasteiger partial charge on any atom is -0.383 e. The number of fused-ring (bicyclic) bond motifs is 3. The molecule has 6 aromatic carbocycles. The van der Waals surface area contributed by atoms with Crippen molar-refractivity contribution in [2.45, 2.75) is 26.8 Å². The lowest BCUT2D eigenvalue weighted by Gasteiger charge is -2.12. The molecule has 0 saturated heterocycles. The number of rotatable bonds is 7. The standard InChI is InChI=1S/C48H39N5/c1-31-29-44(52-46-43(31)28-27-39-18-17-32(2)50-45(39)46)38-23-19-37(20-24-38)41-15-10-16-42(30-41)47(49)53-48(51-33(3)34-11-6-4-7-12-34)40-25-21-36(22-26-40)35-13-8-5-9-14-35/h4-30,33H,1-3H3,(H2,49,51,53). The maximum Gasteiger partial charge on any atom is 0.157 e. The van der Waals surface area contributed by atoms with Crippen molar-refractivity contribution < 1.29 is 0 Å². The molecule has 53 heavy (non-hydrogen) atoms. The van der Waals surface area contributed by atoms with Crippen LogP contribution in [0.25, 0.3) is 55.3 Å². The van der Waals surface area contributed by atoms with Crippen LogP contribution in [0.15, 0.2) is 174 Å². The quantitative estimate of drug-likeness (QED) is 0.103. The minimum absolute atomic E-state index is 0.110. The number of aromatic nitrogens is 2. The van der Waals surface area contributed by atoms with Gasteiger partial charge in [0.1, 0.15) is 5.84 Å². The average Bonchev–Trinajstić information content (AvgIpc) is 3.21. The van der Waals surface area contributed by atoms with Crippen LogP contribution in [0.4, 0.5) is 0 Å². The van der Waals surface area contributed by atoms with Gasteiger partial charge in [-0.25, -0.2) is 9.98 Å². The van der Waals surface area contributed by atoms with E-state index in [2.05, 4.69) is 123 Å². The highest BCUT2D eigenvalue weighted by molar-refractivity contribution is 6.11. The van der Waals surface area contributed by atoms with Crippen LogP contribution < -0.4 is 5.73 Å². The predicted molar refractivity (Wildman–Crippen MR) is 221 cm³/mol. The first-order valence-electron chi connectivity index (χ1n) is 17.9. The van der Waals surface area contributed by atoms with E-state index in [0.717, 1.165) is 77.7 Å². The van der Waals surface area contributed by atoms with Crippen molar-refractivity contribution in [2.75, 3.05) is 0 Å². The van der Waals surface area contributed by atoms with Crippen molar-refractivity contribution in [1.82, 2.24) is 9.97 Å². The van der Waals surface area contributed by atoms with E-state index in [1.807, 2.05) is 61.5 Å². The molecule has 0 aliphatic rings. The fourth-order valence-electron chi connectivity index (χ4n) is 6.76. The van der Waals surface area contributed by atoms with Gasteiger partial charge in [0.2, 0.25) is 0 Å². The van der Waals surface area contributed by atoms with Gasteiger partial charge >= 0.3 is 0 Å². The summed E-state index contributed by atoms with van der Waals surface area (Å²) in [5, 5.41) is 2.22. The first-order chi connectivity index (χ1) is 25.9. The second-order valence-corrected chi connectivity index (χ2v) is 13.4. The second kappa shape index (κ2) is 14.5. The fraction of sp³-hybridized carbons (Fsp3) is 0.0833. The van der Waals surface area contributed by atoms with E-state index in [1.165, 1.54) is 5.56 Å². The largest absolute Gasteiger partial charge is 0.383 e. The Labute approximate surface area is 310 Å². The van der Waals surface area contributed by atoms with Gasteiger partial charge in [-0.2, -0.15) is 0 Å². The normalized spacial score (nSPS) is 12.7. The highest BCUT2D eigenvalue weighted by Gasteiger charge is 2.13. The maximum absolute atomic E-state index is 6.78. The van der Waals surface area contributed by atoms with E-state index in [9.17, 15) is 0 Å². The lowest BCUT2D eigenvalue weighted by atomic mass is 9.99. The molecule has 0 bridgehead atoms. The Hall–Kier alpha value is -6.72. The third kappa shape index (κ3) is 7.10. The Morgan fingerprint density at radius 1 is 0.547 bits per heavy atom. The molecular weight excluding hydrogens is 647 g/mol. The number of benzene rings is 6. The van der Waals surface area contributed by atoms with E-state index < -0.39 is 0 Å². The number of nitrogens with two attached hydrogens (primary N) is 1. The molecule has 0 fully saturated rings. The maximum atomic E-state index is 6.78. The average molecular weight is 686 g/mol. The molecule has 2 aromatic heterocycles. The Kier molecular flexibility index (Phi) is 9.14. The van der Waals surface area contributed by atoms with Crippen molar-refractivity contribution in [3.63, 3.8) is 0 Å². The van der Waals surface area contributed by atoms with Crippen molar-refractivity contribution in [2.24, 2.45) is 15.7 Å². The smallest absolute Gasteiger partial charge is 0.157 e. The Bertz CT molecular complexity index is 2630. The Morgan fingerprint density at radius 3 is 1.92 bits per heavy atom. The number of hydrogen-bond acceptors (Lipinski definition) is 3. The van der Waals surface area contributed by atoms with Crippen molar-refractivity contribution in [3.8, 4) is 33.5 Å². The summed E-state index contributed by atoms with van der Waals surface area (Å²) in [6.07, 6.45) is 0. The third-order valence-corrected chi connectivity index (χ3v) is 9.73. The molecule has 256 valence electrons. The van der Waals surface area contributed by atoms with Gasteiger partial charge in [0.15, 0.2) is 5.84 Å². The first-order valence-corrected chi connectivity index (χ1v) is 17.9. The molecule has 1 unspecified atom stereocenters. The Balaban J connectivity index is 1.10. The topological polar surface area (TPSA) is 76.5 Å². The van der Waals surface area contributed by atoms with Gasteiger partial charge in [0.25, 0.3) is 0 Å². The highest BCUT2D eigenvalue weighted by Crippen LogP contribution is 2.31. The summed E-state index contributed by atoms with van der Waals surface area (Å²) >= 11 is 0. The van der Waals surface area contributed by atoms with Crippen molar-refractivity contribution >= 4 is 33.5 Å². The summed E-state index contributed by atoms with van der Waals surface area (Å²) in [7, 11) is 0. The second-order valence-electron chi connectivity index (χ2n) is 13.4. The number of pyridine rings is 2. The van der Waals surface area contributed by atoms with Gasteiger partial charge < -0.3 is 5.73 Å². The van der Waals surface area contributed by atoms with Crippen LogP contribution >= 0.6 is 0 Å². The van der Waals surface area contributed by atoms with Gasteiger partial charge in [-0.1, -0.05) is 146 Å². The van der Waals surface area contributed by atoms with Gasteiger partial charge in [-0.05, 0) is 72.4 Å². The summed E-state index contributed by atoms with van der Waals surface area (Å²) in [6.45, 7) is 6.24. The monoisotopic (exact) mass is 685 g/mol. The zero-order chi connectivity index (χ0) is 36.3. The number of aryl methyl sites for hydroxylation is 2. The lowest BCUT2D eigenvalue weighted by Crippen LogP contribution is -2.17. The molecular formula is C48H39N5. The van der Waals surface area contributed by atoms with Crippen LogP contribution in [0.5, 0.6) is 0 Å². The van der Waals surface area contributed by atoms with E-state index in [0.29, 0.717) is 11.7 Å². The van der Waals surface area contributed by atoms with E-state index in [4.69, 9.17) is 25.7 Å². The van der Waals surface area contributed by atoms with E-state index >= 15 is 0 Å². The van der Waals surface area contributed by atoms with Gasteiger partial charge in [-0.15, -0.1) is 0 Å². The summed E-state index contributed by atoms with van der Waals surface area (Å²) in [6, 6.07) is 56.2. The van der Waals surface area contributed by atoms with E-state index in [-0.39, 0.29) is 6.04 Å². The first kappa shape index (κ1) is 33.4. The number of aliphatic imine (C=N–C) groups is 2. The highest BCUT2D eigenvalue weighted by atomic mass is 15.0. The minimum atomic E-state index is -0.110. The zero-order valence-electron chi connectivity index (χ0n) is 30.0. The molecule has 0 aliphatic heterocycles. The van der Waals surface area contributed by atoms with Crippen LogP contribution in [0.2, 0.25) is 0 Å². The van der Waals surface area contributed by atoms with Gasteiger partial charge in [-0.3, -0.25) is 9.98 Å².